The largest absolute Gasteiger partial charge is 0.496 e. The number of methoxy groups -OCH3 is 3. The molecule has 0 saturated heterocycles. The average Bonchev–Trinajstić information content (AvgIpc) is 2.25. The molecule has 90 valence electrons. The van der Waals surface area contributed by atoms with Crippen LogP contribution in [0, 0.1) is 0 Å². The first-order chi connectivity index (χ1) is 7.45. The van der Waals surface area contributed by atoms with Crippen LogP contribution in [0.2, 0.25) is 0 Å². The zero-order valence-electron chi connectivity index (χ0n) is 10.3. The summed E-state index contributed by atoms with van der Waals surface area (Å²) in [5.41, 5.74) is -0.484. The fourth-order valence-electron chi connectivity index (χ4n) is 1.66. The van der Waals surface area contributed by atoms with Crippen molar-refractivity contribution in [1.82, 2.24) is 0 Å². The van der Waals surface area contributed by atoms with E-state index >= 15 is 0 Å². The van der Waals surface area contributed by atoms with Gasteiger partial charge in [-0.3, -0.25) is 0 Å². The smallest absolute Gasteiger partial charge is 0.170 e. The first-order valence-corrected chi connectivity index (χ1v) is 4.97. The van der Waals surface area contributed by atoms with E-state index in [2.05, 4.69) is 0 Å². The van der Waals surface area contributed by atoms with Gasteiger partial charge in [0.25, 0.3) is 0 Å². The van der Waals surface area contributed by atoms with E-state index in [1.807, 2.05) is 0 Å². The summed E-state index contributed by atoms with van der Waals surface area (Å²) >= 11 is 0. The molecule has 1 rings (SSSR count). The summed E-state index contributed by atoms with van der Waals surface area (Å²) in [4.78, 5) is 0. The van der Waals surface area contributed by atoms with Gasteiger partial charge in [0, 0.05) is 0 Å². The van der Waals surface area contributed by atoms with Crippen LogP contribution in [-0.4, -0.2) is 26.4 Å². The van der Waals surface area contributed by atoms with Gasteiger partial charge in [-0.05, 0) is 26.0 Å². The standard InChI is InChI=1S/C12H18O4/c1-12(2,13)10-8(14-3)6-7-9(15-4)11(10)16-5/h6-7,13H,1-5H3. The average molecular weight is 226 g/mol. The first kappa shape index (κ1) is 12.6. The molecule has 16 heavy (non-hydrogen) atoms. The molecule has 0 bridgehead atoms. The van der Waals surface area contributed by atoms with Crippen molar-refractivity contribution in [3.05, 3.63) is 17.7 Å². The Morgan fingerprint density at radius 1 is 0.938 bits per heavy atom. The molecule has 1 aromatic rings. The molecule has 0 heterocycles. The van der Waals surface area contributed by atoms with Gasteiger partial charge < -0.3 is 19.3 Å². The highest BCUT2D eigenvalue weighted by molar-refractivity contribution is 5.56. The van der Waals surface area contributed by atoms with E-state index in [1.54, 1.807) is 40.2 Å². The second kappa shape index (κ2) is 4.61. The second-order valence-corrected chi connectivity index (χ2v) is 3.94. The lowest BCUT2D eigenvalue weighted by molar-refractivity contribution is 0.0720. The van der Waals surface area contributed by atoms with Crippen LogP contribution in [0.4, 0.5) is 0 Å². The van der Waals surface area contributed by atoms with Crippen molar-refractivity contribution in [3.63, 3.8) is 0 Å². The van der Waals surface area contributed by atoms with Gasteiger partial charge in [-0.15, -0.1) is 0 Å². The zero-order chi connectivity index (χ0) is 12.3. The monoisotopic (exact) mass is 226 g/mol. The fraction of sp³-hybridized carbons (Fsp3) is 0.500. The minimum atomic E-state index is -1.06. The van der Waals surface area contributed by atoms with Crippen LogP contribution < -0.4 is 14.2 Å². The third-order valence-electron chi connectivity index (χ3n) is 2.34. The molecular weight excluding hydrogens is 208 g/mol. The Bertz CT molecular complexity index is 366. The molecule has 0 spiro atoms. The molecule has 0 aromatic heterocycles. The molecule has 0 saturated carbocycles. The third kappa shape index (κ3) is 2.22. The Morgan fingerprint density at radius 3 is 1.81 bits per heavy atom. The van der Waals surface area contributed by atoms with Crippen LogP contribution in [0.25, 0.3) is 0 Å². The highest BCUT2D eigenvalue weighted by Gasteiger charge is 2.28. The van der Waals surface area contributed by atoms with Crippen molar-refractivity contribution in [2.45, 2.75) is 19.4 Å². The zero-order valence-corrected chi connectivity index (χ0v) is 10.3. The van der Waals surface area contributed by atoms with Gasteiger partial charge >= 0.3 is 0 Å². The quantitative estimate of drug-likeness (QED) is 0.852. The van der Waals surface area contributed by atoms with Gasteiger partial charge in [-0.1, -0.05) is 0 Å². The summed E-state index contributed by atoms with van der Waals surface area (Å²) in [5, 5.41) is 10.1. The first-order valence-electron chi connectivity index (χ1n) is 4.97. The van der Waals surface area contributed by atoms with Gasteiger partial charge in [0.15, 0.2) is 11.5 Å². The molecule has 4 nitrogen and oxygen atoms in total. The van der Waals surface area contributed by atoms with E-state index in [0.717, 1.165) is 0 Å². The summed E-state index contributed by atoms with van der Waals surface area (Å²) < 4.78 is 15.7. The van der Waals surface area contributed by atoms with Gasteiger partial charge in [0.05, 0.1) is 32.5 Å². The van der Waals surface area contributed by atoms with Crippen molar-refractivity contribution in [3.8, 4) is 17.2 Å². The minimum Gasteiger partial charge on any atom is -0.496 e. The van der Waals surface area contributed by atoms with Gasteiger partial charge in [0.2, 0.25) is 0 Å². The fourth-order valence-corrected chi connectivity index (χ4v) is 1.66. The Morgan fingerprint density at radius 2 is 1.44 bits per heavy atom. The van der Waals surface area contributed by atoms with Crippen LogP contribution in [0.1, 0.15) is 19.4 Å². The molecule has 0 amide bonds. The molecule has 0 atom stereocenters. The lowest BCUT2D eigenvalue weighted by atomic mass is 9.95. The van der Waals surface area contributed by atoms with Gasteiger partial charge in [0.1, 0.15) is 5.75 Å². The lowest BCUT2D eigenvalue weighted by Gasteiger charge is -2.24. The minimum absolute atomic E-state index is 0.495. The molecule has 0 aliphatic carbocycles. The second-order valence-electron chi connectivity index (χ2n) is 3.94. The van der Waals surface area contributed by atoms with E-state index in [-0.39, 0.29) is 0 Å². The Hall–Kier alpha value is -1.42. The number of hydrogen-bond acceptors (Lipinski definition) is 4. The summed E-state index contributed by atoms with van der Waals surface area (Å²) in [6.45, 7) is 3.35. The van der Waals surface area contributed by atoms with E-state index < -0.39 is 5.60 Å². The molecular formula is C12H18O4. The molecule has 1 N–H and O–H groups in total. The van der Waals surface area contributed by atoms with E-state index in [1.165, 1.54) is 7.11 Å². The van der Waals surface area contributed by atoms with Crippen LogP contribution in [0.3, 0.4) is 0 Å². The van der Waals surface area contributed by atoms with Crippen LogP contribution >= 0.6 is 0 Å². The van der Waals surface area contributed by atoms with Crippen molar-refractivity contribution in [2.24, 2.45) is 0 Å². The Labute approximate surface area is 95.8 Å². The number of aliphatic hydroxyl groups is 1. The molecule has 0 radical (unpaired) electrons. The van der Waals surface area contributed by atoms with Crippen molar-refractivity contribution < 1.29 is 19.3 Å². The summed E-state index contributed by atoms with van der Waals surface area (Å²) in [5.74, 6) is 1.64. The molecule has 0 unspecified atom stereocenters. The molecule has 0 aliphatic heterocycles. The normalized spacial score (nSPS) is 11.1. The van der Waals surface area contributed by atoms with Gasteiger partial charge in [-0.25, -0.2) is 0 Å². The van der Waals surface area contributed by atoms with Gasteiger partial charge in [-0.2, -0.15) is 0 Å². The molecule has 4 heteroatoms. The van der Waals surface area contributed by atoms with E-state index in [0.29, 0.717) is 22.8 Å². The number of rotatable bonds is 4. The van der Waals surface area contributed by atoms with E-state index in [4.69, 9.17) is 14.2 Å². The summed E-state index contributed by atoms with van der Waals surface area (Å²) in [6, 6.07) is 3.49. The van der Waals surface area contributed by atoms with Crippen LogP contribution in [0.15, 0.2) is 12.1 Å². The Balaban J connectivity index is 3.49. The van der Waals surface area contributed by atoms with Crippen molar-refractivity contribution >= 4 is 0 Å². The number of benzene rings is 1. The maximum atomic E-state index is 10.1. The molecule has 0 aliphatic rings. The summed E-state index contributed by atoms with van der Waals surface area (Å²) in [7, 11) is 4.64. The molecule has 1 aromatic carbocycles. The predicted octanol–water partition coefficient (Wildman–Crippen LogP) is 1.94. The van der Waals surface area contributed by atoms with Crippen molar-refractivity contribution in [1.29, 1.82) is 0 Å². The highest BCUT2D eigenvalue weighted by atomic mass is 16.5. The topological polar surface area (TPSA) is 47.9 Å². The molecule has 0 fully saturated rings. The number of hydrogen-bond donors (Lipinski definition) is 1. The SMILES string of the molecule is COc1ccc(OC)c(C(C)(C)O)c1OC. The van der Waals surface area contributed by atoms with Crippen LogP contribution in [-0.2, 0) is 5.60 Å². The third-order valence-corrected chi connectivity index (χ3v) is 2.34. The van der Waals surface area contributed by atoms with Crippen LogP contribution in [0.5, 0.6) is 17.2 Å². The maximum absolute atomic E-state index is 10.1. The maximum Gasteiger partial charge on any atom is 0.170 e. The summed E-state index contributed by atoms with van der Waals surface area (Å²) in [6.07, 6.45) is 0. The number of ether oxygens (including phenoxy) is 3. The highest BCUT2D eigenvalue weighted by Crippen LogP contribution is 2.43. The Kier molecular flexibility index (Phi) is 3.65. The lowest BCUT2D eigenvalue weighted by Crippen LogP contribution is -2.18. The van der Waals surface area contributed by atoms with E-state index in [9.17, 15) is 5.11 Å². The predicted molar refractivity (Wildman–Crippen MR) is 61.3 cm³/mol. The van der Waals surface area contributed by atoms with Crippen molar-refractivity contribution in [2.75, 3.05) is 21.3 Å².